The number of aliphatic hydroxyl groups is 1. The Morgan fingerprint density at radius 1 is 0.960 bits per heavy atom. The van der Waals surface area contributed by atoms with Crippen molar-refractivity contribution in [2.45, 2.75) is 13.8 Å². The molecule has 0 fully saturated rings. The molecule has 0 atom stereocenters. The summed E-state index contributed by atoms with van der Waals surface area (Å²) >= 11 is 0. The average Bonchev–Trinajstić information content (AvgIpc) is 2.78. The van der Waals surface area contributed by atoms with Crippen LogP contribution in [-0.2, 0) is 9.59 Å². The topological polar surface area (TPSA) is 60.9 Å². The number of nitrogens with zero attached hydrogens (tertiary/aromatic N) is 2. The van der Waals surface area contributed by atoms with Gasteiger partial charge in [-0.2, -0.15) is 0 Å². The first-order valence-corrected chi connectivity index (χ1v) is 7.98. The lowest BCUT2D eigenvalue weighted by Crippen LogP contribution is -2.31. The van der Waals surface area contributed by atoms with Crippen molar-refractivity contribution >= 4 is 28.8 Å². The number of carbonyl (C=O) groups is 2. The van der Waals surface area contributed by atoms with E-state index in [2.05, 4.69) is 0 Å². The summed E-state index contributed by atoms with van der Waals surface area (Å²) in [6, 6.07) is 12.6. The fraction of sp³-hybridized carbons (Fsp3) is 0.200. The molecule has 0 spiro atoms. The van der Waals surface area contributed by atoms with Crippen LogP contribution in [0.15, 0.2) is 48.2 Å². The number of amides is 2. The van der Waals surface area contributed by atoms with Crippen molar-refractivity contribution in [2.75, 3.05) is 23.9 Å². The fourth-order valence-corrected chi connectivity index (χ4v) is 3.00. The van der Waals surface area contributed by atoms with E-state index in [1.54, 1.807) is 24.3 Å². The number of anilines is 2. The van der Waals surface area contributed by atoms with Gasteiger partial charge < -0.3 is 10.0 Å². The van der Waals surface area contributed by atoms with E-state index in [-0.39, 0.29) is 5.57 Å². The third kappa shape index (κ3) is 2.78. The number of aryl methyl sites for hydroxylation is 2. The minimum Gasteiger partial charge on any atom is -0.502 e. The van der Waals surface area contributed by atoms with E-state index < -0.39 is 17.6 Å². The Morgan fingerprint density at radius 3 is 2.32 bits per heavy atom. The first-order valence-electron chi connectivity index (χ1n) is 7.98. The second-order valence-electron chi connectivity index (χ2n) is 6.40. The van der Waals surface area contributed by atoms with Gasteiger partial charge in [0.05, 0.1) is 11.3 Å². The number of hydrogen-bond acceptors (Lipinski definition) is 4. The Kier molecular flexibility index (Phi) is 4.08. The van der Waals surface area contributed by atoms with Crippen LogP contribution < -0.4 is 9.80 Å². The molecule has 1 aliphatic heterocycles. The number of carbonyl (C=O) groups excluding carboxylic acids is 2. The molecule has 0 aliphatic carbocycles. The molecule has 25 heavy (non-hydrogen) atoms. The molecule has 2 aromatic carbocycles. The molecule has 2 amide bonds. The quantitative estimate of drug-likeness (QED) is 0.875. The number of benzene rings is 2. The molecule has 0 unspecified atom stereocenters. The lowest BCUT2D eigenvalue weighted by atomic mass is 9.98. The maximum Gasteiger partial charge on any atom is 0.301 e. The van der Waals surface area contributed by atoms with E-state index in [9.17, 15) is 14.7 Å². The highest BCUT2D eigenvalue weighted by Crippen LogP contribution is 2.34. The van der Waals surface area contributed by atoms with E-state index >= 15 is 0 Å². The molecule has 5 heteroatoms. The highest BCUT2D eigenvalue weighted by molar-refractivity contribution is 6.45. The summed E-state index contributed by atoms with van der Waals surface area (Å²) in [7, 11) is 3.76. The Bertz CT molecular complexity index is 913. The second-order valence-corrected chi connectivity index (χ2v) is 6.40. The van der Waals surface area contributed by atoms with Gasteiger partial charge in [0, 0.05) is 19.8 Å². The Morgan fingerprint density at radius 2 is 1.68 bits per heavy atom. The van der Waals surface area contributed by atoms with E-state index in [4.69, 9.17) is 0 Å². The van der Waals surface area contributed by atoms with Crippen LogP contribution in [-0.4, -0.2) is 31.0 Å². The van der Waals surface area contributed by atoms with Gasteiger partial charge in [-0.1, -0.05) is 29.8 Å². The highest BCUT2D eigenvalue weighted by Gasteiger charge is 2.40. The summed E-state index contributed by atoms with van der Waals surface area (Å²) in [6.07, 6.45) is 0. The monoisotopic (exact) mass is 336 g/mol. The van der Waals surface area contributed by atoms with Crippen molar-refractivity contribution < 1.29 is 14.7 Å². The third-order valence-corrected chi connectivity index (χ3v) is 4.32. The van der Waals surface area contributed by atoms with Crippen LogP contribution in [0.3, 0.4) is 0 Å². The maximum atomic E-state index is 12.9. The van der Waals surface area contributed by atoms with Gasteiger partial charge in [0.25, 0.3) is 5.91 Å². The molecule has 0 aromatic heterocycles. The normalized spacial score (nSPS) is 14.5. The molecular weight excluding hydrogens is 316 g/mol. The van der Waals surface area contributed by atoms with E-state index in [1.807, 2.05) is 51.0 Å². The van der Waals surface area contributed by atoms with Crippen LogP contribution >= 0.6 is 0 Å². The van der Waals surface area contributed by atoms with Gasteiger partial charge in [-0.3, -0.25) is 9.59 Å². The van der Waals surface area contributed by atoms with Crippen LogP contribution in [0.1, 0.15) is 16.7 Å². The van der Waals surface area contributed by atoms with Crippen LogP contribution in [0.25, 0.3) is 5.57 Å². The van der Waals surface area contributed by atoms with Crippen LogP contribution in [0, 0.1) is 13.8 Å². The lowest BCUT2D eigenvalue weighted by molar-refractivity contribution is -0.121. The van der Waals surface area contributed by atoms with E-state index in [0.29, 0.717) is 11.3 Å². The molecular formula is C20H20N2O3. The molecule has 1 aliphatic rings. The standard InChI is InChI=1S/C20H20N2O3/c1-12-8-9-16(13(2)10-12)17-18(23)20(25)22(19(17)24)15-7-5-6-14(11-15)21(3)4/h5-11,23H,1-4H3. The van der Waals surface area contributed by atoms with Gasteiger partial charge >= 0.3 is 5.91 Å². The molecule has 0 saturated carbocycles. The second kappa shape index (κ2) is 6.09. The minimum atomic E-state index is -0.698. The van der Waals surface area contributed by atoms with Crippen molar-refractivity contribution in [3.8, 4) is 0 Å². The Hall–Kier alpha value is -3.08. The van der Waals surface area contributed by atoms with Gasteiger partial charge in [0.2, 0.25) is 0 Å². The molecule has 5 nitrogen and oxygen atoms in total. The highest BCUT2D eigenvalue weighted by atomic mass is 16.3. The largest absolute Gasteiger partial charge is 0.502 e. The van der Waals surface area contributed by atoms with Crippen LogP contribution in [0.5, 0.6) is 0 Å². The number of rotatable bonds is 3. The lowest BCUT2D eigenvalue weighted by Gasteiger charge is -2.18. The molecule has 3 rings (SSSR count). The molecule has 128 valence electrons. The smallest absolute Gasteiger partial charge is 0.301 e. The summed E-state index contributed by atoms with van der Waals surface area (Å²) in [4.78, 5) is 28.4. The molecule has 1 N–H and O–H groups in total. The predicted molar refractivity (Wildman–Crippen MR) is 98.7 cm³/mol. The van der Waals surface area contributed by atoms with E-state index in [0.717, 1.165) is 21.7 Å². The number of hydrogen-bond donors (Lipinski definition) is 1. The van der Waals surface area contributed by atoms with Gasteiger partial charge in [-0.25, -0.2) is 4.90 Å². The van der Waals surface area contributed by atoms with Gasteiger partial charge in [0.15, 0.2) is 5.76 Å². The first-order chi connectivity index (χ1) is 11.8. The zero-order valence-electron chi connectivity index (χ0n) is 14.7. The molecule has 2 aromatic rings. The van der Waals surface area contributed by atoms with Gasteiger partial charge in [-0.05, 0) is 43.2 Å². The van der Waals surface area contributed by atoms with Gasteiger partial charge in [0.1, 0.15) is 0 Å². The van der Waals surface area contributed by atoms with Crippen molar-refractivity contribution in [1.82, 2.24) is 0 Å². The van der Waals surface area contributed by atoms with E-state index in [1.165, 1.54) is 0 Å². The molecule has 1 heterocycles. The summed E-state index contributed by atoms with van der Waals surface area (Å²) < 4.78 is 0. The zero-order valence-corrected chi connectivity index (χ0v) is 14.7. The number of aliphatic hydroxyl groups excluding tert-OH is 1. The van der Waals surface area contributed by atoms with Gasteiger partial charge in [-0.15, -0.1) is 0 Å². The predicted octanol–water partition coefficient (Wildman–Crippen LogP) is 3.21. The Balaban J connectivity index is 2.06. The van der Waals surface area contributed by atoms with Crippen LogP contribution in [0.4, 0.5) is 11.4 Å². The summed E-state index contributed by atoms with van der Waals surface area (Å²) in [5, 5.41) is 10.3. The molecule has 0 bridgehead atoms. The van der Waals surface area contributed by atoms with Crippen molar-refractivity contribution in [3.05, 3.63) is 64.9 Å². The van der Waals surface area contributed by atoms with Crippen molar-refractivity contribution in [3.63, 3.8) is 0 Å². The first kappa shape index (κ1) is 16.8. The maximum absolute atomic E-state index is 12.9. The third-order valence-electron chi connectivity index (χ3n) is 4.32. The van der Waals surface area contributed by atoms with Crippen molar-refractivity contribution in [1.29, 1.82) is 0 Å². The van der Waals surface area contributed by atoms with Crippen LogP contribution in [0.2, 0.25) is 0 Å². The number of imide groups is 1. The zero-order chi connectivity index (χ0) is 18.3. The Labute approximate surface area is 146 Å². The summed E-state index contributed by atoms with van der Waals surface area (Å²) in [6.45, 7) is 3.81. The minimum absolute atomic E-state index is 0.0535. The summed E-state index contributed by atoms with van der Waals surface area (Å²) in [5.41, 5.74) is 3.82. The average molecular weight is 336 g/mol. The SMILES string of the molecule is Cc1ccc(C2=C(O)C(=O)N(c3cccc(N(C)C)c3)C2=O)c(C)c1. The fourth-order valence-electron chi connectivity index (χ4n) is 3.00. The van der Waals surface area contributed by atoms with Crippen molar-refractivity contribution in [2.24, 2.45) is 0 Å². The molecule has 0 saturated heterocycles. The molecule has 0 radical (unpaired) electrons. The summed E-state index contributed by atoms with van der Waals surface area (Å²) in [5.74, 6) is -1.71.